The first-order valence-electron chi connectivity index (χ1n) is 5.09. The third-order valence-corrected chi connectivity index (χ3v) is 2.96. The number of para-hydroxylation sites is 1. The molecule has 2 aromatic carbocycles. The van der Waals surface area contributed by atoms with E-state index in [9.17, 15) is 9.18 Å². The number of rotatable bonds is 2. The van der Waals surface area contributed by atoms with Gasteiger partial charge in [0.2, 0.25) is 0 Å². The number of anilines is 1. The molecule has 92 valence electrons. The lowest BCUT2D eigenvalue weighted by Crippen LogP contribution is -2.14. The van der Waals surface area contributed by atoms with Crippen molar-refractivity contribution in [3.8, 4) is 0 Å². The molecule has 1 amide bonds. The van der Waals surface area contributed by atoms with E-state index in [4.69, 9.17) is 23.2 Å². The molecular weight excluding hydrogens is 276 g/mol. The molecule has 0 aromatic heterocycles. The van der Waals surface area contributed by atoms with Crippen LogP contribution in [0.15, 0.2) is 42.5 Å². The smallest absolute Gasteiger partial charge is 0.260 e. The Hall–Kier alpha value is -1.58. The zero-order chi connectivity index (χ0) is 13.1. The summed E-state index contributed by atoms with van der Waals surface area (Å²) < 4.78 is 13.5. The van der Waals surface area contributed by atoms with Gasteiger partial charge in [0.05, 0.1) is 21.3 Å². The normalized spacial score (nSPS) is 10.2. The fourth-order valence-corrected chi connectivity index (χ4v) is 1.89. The molecule has 0 spiro atoms. The van der Waals surface area contributed by atoms with E-state index in [0.29, 0.717) is 10.7 Å². The summed E-state index contributed by atoms with van der Waals surface area (Å²) in [7, 11) is 0. The summed E-state index contributed by atoms with van der Waals surface area (Å²) in [5.74, 6) is -1.31. The molecule has 2 aromatic rings. The number of carbonyl (C=O) groups excluding carboxylic acids is 1. The topological polar surface area (TPSA) is 29.1 Å². The lowest BCUT2D eigenvalue weighted by Gasteiger charge is -2.08. The molecule has 5 heteroatoms. The summed E-state index contributed by atoms with van der Waals surface area (Å²) >= 11 is 11.7. The van der Waals surface area contributed by atoms with E-state index in [2.05, 4.69) is 5.32 Å². The molecule has 0 saturated heterocycles. The number of carbonyl (C=O) groups is 1. The lowest BCUT2D eigenvalue weighted by molar-refractivity contribution is 0.102. The van der Waals surface area contributed by atoms with Crippen LogP contribution in [0.4, 0.5) is 10.1 Å². The Labute approximate surface area is 113 Å². The van der Waals surface area contributed by atoms with Crippen molar-refractivity contribution < 1.29 is 9.18 Å². The number of halogens is 3. The van der Waals surface area contributed by atoms with E-state index in [1.54, 1.807) is 24.3 Å². The van der Waals surface area contributed by atoms with Crippen molar-refractivity contribution in [3.05, 3.63) is 63.9 Å². The first-order chi connectivity index (χ1) is 8.59. The van der Waals surface area contributed by atoms with E-state index in [1.807, 2.05) is 0 Å². The van der Waals surface area contributed by atoms with Crippen molar-refractivity contribution in [3.63, 3.8) is 0 Å². The van der Waals surface area contributed by atoms with E-state index in [0.717, 1.165) is 0 Å². The van der Waals surface area contributed by atoms with Crippen LogP contribution in [0.1, 0.15) is 10.4 Å². The predicted octanol–water partition coefficient (Wildman–Crippen LogP) is 4.38. The van der Waals surface area contributed by atoms with Gasteiger partial charge in [0.15, 0.2) is 0 Å². The first kappa shape index (κ1) is 12.9. The van der Waals surface area contributed by atoms with Crippen LogP contribution in [0, 0.1) is 5.82 Å². The Balaban J connectivity index is 2.31. The highest BCUT2D eigenvalue weighted by molar-refractivity contribution is 6.36. The second-order valence-electron chi connectivity index (χ2n) is 3.53. The van der Waals surface area contributed by atoms with Gasteiger partial charge < -0.3 is 5.32 Å². The summed E-state index contributed by atoms with van der Waals surface area (Å²) in [5, 5.41) is 2.94. The maximum Gasteiger partial charge on any atom is 0.260 e. The highest BCUT2D eigenvalue weighted by Gasteiger charge is 2.16. The number of amides is 1. The zero-order valence-electron chi connectivity index (χ0n) is 9.08. The molecule has 2 rings (SSSR count). The van der Waals surface area contributed by atoms with Gasteiger partial charge in [-0.2, -0.15) is 0 Å². The number of hydrogen-bond acceptors (Lipinski definition) is 1. The van der Waals surface area contributed by atoms with E-state index in [-0.39, 0.29) is 10.6 Å². The van der Waals surface area contributed by atoms with Gasteiger partial charge in [0.1, 0.15) is 5.82 Å². The molecule has 0 aliphatic heterocycles. The van der Waals surface area contributed by atoms with Crippen LogP contribution in [0.3, 0.4) is 0 Å². The molecule has 18 heavy (non-hydrogen) atoms. The zero-order valence-corrected chi connectivity index (χ0v) is 10.6. The molecule has 0 atom stereocenters. The van der Waals surface area contributed by atoms with Crippen LogP contribution in [0.2, 0.25) is 10.0 Å². The van der Waals surface area contributed by atoms with E-state index >= 15 is 0 Å². The van der Waals surface area contributed by atoms with E-state index in [1.165, 1.54) is 18.2 Å². The molecule has 0 bridgehead atoms. The van der Waals surface area contributed by atoms with Crippen LogP contribution in [-0.4, -0.2) is 5.91 Å². The Morgan fingerprint density at radius 1 is 1.00 bits per heavy atom. The van der Waals surface area contributed by atoms with Crippen molar-refractivity contribution in [2.45, 2.75) is 0 Å². The van der Waals surface area contributed by atoms with Crippen molar-refractivity contribution >= 4 is 34.8 Å². The second-order valence-corrected chi connectivity index (χ2v) is 4.35. The van der Waals surface area contributed by atoms with Crippen LogP contribution in [0.25, 0.3) is 0 Å². The highest BCUT2D eigenvalue weighted by atomic mass is 35.5. The quantitative estimate of drug-likeness (QED) is 0.870. The fourth-order valence-electron chi connectivity index (χ4n) is 1.46. The van der Waals surface area contributed by atoms with Gasteiger partial charge >= 0.3 is 0 Å². The molecule has 0 unspecified atom stereocenters. The molecule has 2 nitrogen and oxygen atoms in total. The molecular formula is C13H8Cl2FNO. The summed E-state index contributed by atoms with van der Waals surface area (Å²) in [6, 6.07) is 10.7. The summed E-state index contributed by atoms with van der Waals surface area (Å²) in [5.41, 5.74) is 0.211. The van der Waals surface area contributed by atoms with Crippen LogP contribution in [-0.2, 0) is 0 Å². The fraction of sp³-hybridized carbons (Fsp3) is 0. The van der Waals surface area contributed by atoms with Gasteiger partial charge in [0, 0.05) is 0 Å². The molecule has 0 aliphatic rings. The third kappa shape index (κ3) is 2.63. The first-order valence-corrected chi connectivity index (χ1v) is 5.85. The van der Waals surface area contributed by atoms with Crippen LogP contribution >= 0.6 is 23.2 Å². The van der Waals surface area contributed by atoms with Gasteiger partial charge in [0.25, 0.3) is 5.91 Å². The Morgan fingerprint density at radius 2 is 1.67 bits per heavy atom. The molecule has 1 N–H and O–H groups in total. The maximum atomic E-state index is 13.5. The predicted molar refractivity (Wildman–Crippen MR) is 70.8 cm³/mol. The van der Waals surface area contributed by atoms with Crippen molar-refractivity contribution in [2.75, 3.05) is 5.32 Å². The summed E-state index contributed by atoms with van der Waals surface area (Å²) in [6.45, 7) is 0. The van der Waals surface area contributed by atoms with Gasteiger partial charge in [-0.15, -0.1) is 0 Å². The molecule has 0 radical (unpaired) electrons. The van der Waals surface area contributed by atoms with Crippen molar-refractivity contribution in [1.82, 2.24) is 0 Å². The average Bonchev–Trinajstić information content (AvgIpc) is 2.32. The minimum atomic E-state index is -0.674. The molecule has 0 fully saturated rings. The molecule has 0 saturated carbocycles. The Morgan fingerprint density at radius 3 is 2.33 bits per heavy atom. The number of nitrogens with one attached hydrogen (secondary N) is 1. The lowest BCUT2D eigenvalue weighted by atomic mass is 10.2. The second kappa shape index (κ2) is 5.38. The Bertz CT molecular complexity index is 581. The minimum Gasteiger partial charge on any atom is -0.320 e. The average molecular weight is 284 g/mol. The van der Waals surface area contributed by atoms with Crippen LogP contribution in [0.5, 0.6) is 0 Å². The number of benzene rings is 2. The number of hydrogen-bond donors (Lipinski definition) is 1. The highest BCUT2D eigenvalue weighted by Crippen LogP contribution is 2.24. The standard InChI is InChI=1S/C13H8Cl2FNO/c14-8-4-1-2-7-11(8)17-13(18)12-9(15)5-3-6-10(12)16/h1-7H,(H,17,18). The maximum absolute atomic E-state index is 13.5. The largest absolute Gasteiger partial charge is 0.320 e. The SMILES string of the molecule is O=C(Nc1ccccc1Cl)c1c(F)cccc1Cl. The monoisotopic (exact) mass is 283 g/mol. The summed E-state index contributed by atoms with van der Waals surface area (Å²) in [6.07, 6.45) is 0. The third-order valence-electron chi connectivity index (χ3n) is 2.31. The van der Waals surface area contributed by atoms with Crippen molar-refractivity contribution in [1.29, 1.82) is 0 Å². The Kier molecular flexibility index (Phi) is 3.84. The molecule has 0 heterocycles. The minimum absolute atomic E-state index is 0.0551. The van der Waals surface area contributed by atoms with Crippen molar-refractivity contribution in [2.24, 2.45) is 0 Å². The van der Waals surface area contributed by atoms with Crippen LogP contribution < -0.4 is 5.32 Å². The van der Waals surface area contributed by atoms with Gasteiger partial charge in [-0.3, -0.25) is 4.79 Å². The summed E-state index contributed by atoms with van der Waals surface area (Å²) in [4.78, 5) is 11.9. The van der Waals surface area contributed by atoms with Gasteiger partial charge in [-0.25, -0.2) is 4.39 Å². The van der Waals surface area contributed by atoms with Gasteiger partial charge in [-0.05, 0) is 24.3 Å². The molecule has 0 aliphatic carbocycles. The van der Waals surface area contributed by atoms with E-state index < -0.39 is 11.7 Å². The van der Waals surface area contributed by atoms with Gasteiger partial charge in [-0.1, -0.05) is 41.4 Å².